The molecule has 0 saturated carbocycles. The Morgan fingerprint density at radius 1 is 0.688 bits per heavy atom. The molecule has 2 aliphatic heterocycles. The summed E-state index contributed by atoms with van der Waals surface area (Å²) in [6.07, 6.45) is 0.505. The molecule has 0 spiro atoms. The Morgan fingerprint density at radius 2 is 1.12 bits per heavy atom. The molecule has 0 aromatic heterocycles. The molecular formula is C28H30O4. The van der Waals surface area contributed by atoms with Crippen molar-refractivity contribution in [2.45, 2.75) is 38.4 Å². The smallest absolute Gasteiger partial charge is 0.119 e. The van der Waals surface area contributed by atoms with E-state index in [1.807, 2.05) is 0 Å². The van der Waals surface area contributed by atoms with Crippen LogP contribution in [0.15, 0.2) is 66.7 Å². The fraction of sp³-hybridized carbons (Fsp3) is 0.357. The molecule has 0 N–H and O–H groups in total. The van der Waals surface area contributed by atoms with Gasteiger partial charge in [-0.2, -0.15) is 0 Å². The van der Waals surface area contributed by atoms with Crippen LogP contribution in [0.1, 0.15) is 34.7 Å². The van der Waals surface area contributed by atoms with Gasteiger partial charge in [0.15, 0.2) is 0 Å². The van der Waals surface area contributed by atoms with Gasteiger partial charge in [0, 0.05) is 5.41 Å². The second-order valence-electron chi connectivity index (χ2n) is 9.01. The SMILES string of the molecule is Cc1ccc(C(C)(c2ccc(OCC3CO3)cc2)c2ccc(OCC3CO3)cc2)cc1C. The minimum atomic E-state index is -0.311. The van der Waals surface area contributed by atoms with Crippen LogP contribution in [0, 0.1) is 13.8 Å². The van der Waals surface area contributed by atoms with E-state index < -0.39 is 0 Å². The largest absolute Gasteiger partial charge is 0.491 e. The van der Waals surface area contributed by atoms with E-state index in [1.54, 1.807) is 0 Å². The highest BCUT2D eigenvalue weighted by atomic mass is 16.6. The van der Waals surface area contributed by atoms with E-state index in [-0.39, 0.29) is 17.6 Å². The van der Waals surface area contributed by atoms with Gasteiger partial charge < -0.3 is 18.9 Å². The monoisotopic (exact) mass is 430 g/mol. The number of epoxide rings is 2. The van der Waals surface area contributed by atoms with Crippen LogP contribution in [0.4, 0.5) is 0 Å². The topological polar surface area (TPSA) is 43.5 Å². The summed E-state index contributed by atoms with van der Waals surface area (Å²) in [6.45, 7) is 9.45. The molecule has 0 amide bonds. The van der Waals surface area contributed by atoms with E-state index in [2.05, 4.69) is 87.5 Å². The Labute approximate surface area is 190 Å². The minimum absolute atomic E-state index is 0.252. The predicted octanol–water partition coefficient (Wildman–Crippen LogP) is 5.21. The van der Waals surface area contributed by atoms with Crippen molar-refractivity contribution in [2.24, 2.45) is 0 Å². The van der Waals surface area contributed by atoms with Crippen molar-refractivity contribution >= 4 is 0 Å². The van der Waals surface area contributed by atoms with Gasteiger partial charge in [0.1, 0.15) is 36.9 Å². The first-order valence-corrected chi connectivity index (χ1v) is 11.3. The Bertz CT molecular complexity index is 1000. The number of hydrogen-bond donors (Lipinski definition) is 0. The standard InChI is InChI=1S/C28H30O4/c1-19-4-5-23(14-20(19)2)28(3,21-6-10-24(11-7-21)29-15-26-17-31-26)22-8-12-25(13-9-22)30-16-27-18-32-27/h4-14,26-27H,15-18H2,1-3H3. The number of rotatable bonds is 9. The Morgan fingerprint density at radius 3 is 1.53 bits per heavy atom. The maximum absolute atomic E-state index is 5.86. The third kappa shape index (κ3) is 4.52. The zero-order valence-corrected chi connectivity index (χ0v) is 19.0. The molecule has 2 heterocycles. The Balaban J connectivity index is 1.47. The maximum Gasteiger partial charge on any atom is 0.119 e. The average molecular weight is 431 g/mol. The fourth-order valence-corrected chi connectivity index (χ4v) is 4.03. The number of aryl methyl sites for hydroxylation is 2. The van der Waals surface area contributed by atoms with Crippen molar-refractivity contribution in [2.75, 3.05) is 26.4 Å². The van der Waals surface area contributed by atoms with Crippen LogP contribution < -0.4 is 9.47 Å². The molecule has 2 atom stereocenters. The predicted molar refractivity (Wildman–Crippen MR) is 125 cm³/mol. The lowest BCUT2D eigenvalue weighted by molar-refractivity contribution is 0.263. The molecule has 32 heavy (non-hydrogen) atoms. The third-order valence-electron chi connectivity index (χ3n) is 6.62. The first-order chi connectivity index (χ1) is 15.5. The average Bonchev–Trinajstić information content (AvgIpc) is 3.73. The lowest BCUT2D eigenvalue weighted by Crippen LogP contribution is -2.25. The molecule has 2 aliphatic rings. The summed E-state index contributed by atoms with van der Waals surface area (Å²) < 4.78 is 22.2. The van der Waals surface area contributed by atoms with E-state index >= 15 is 0 Å². The van der Waals surface area contributed by atoms with E-state index in [1.165, 1.54) is 27.8 Å². The van der Waals surface area contributed by atoms with Crippen LogP contribution >= 0.6 is 0 Å². The summed E-state index contributed by atoms with van der Waals surface area (Å²) in [6, 6.07) is 23.7. The van der Waals surface area contributed by atoms with Gasteiger partial charge in [-0.25, -0.2) is 0 Å². The Hall–Kier alpha value is -2.82. The van der Waals surface area contributed by atoms with Gasteiger partial charge in [-0.15, -0.1) is 0 Å². The van der Waals surface area contributed by atoms with Crippen molar-refractivity contribution in [3.8, 4) is 11.5 Å². The van der Waals surface area contributed by atoms with Crippen molar-refractivity contribution in [3.05, 3.63) is 94.5 Å². The lowest BCUT2D eigenvalue weighted by Gasteiger charge is -2.32. The zero-order chi connectivity index (χ0) is 22.1. The van der Waals surface area contributed by atoms with E-state index in [0.29, 0.717) is 13.2 Å². The highest BCUT2D eigenvalue weighted by Gasteiger charge is 2.32. The van der Waals surface area contributed by atoms with Crippen LogP contribution in [0.2, 0.25) is 0 Å². The zero-order valence-electron chi connectivity index (χ0n) is 19.0. The lowest BCUT2D eigenvalue weighted by atomic mass is 9.70. The van der Waals surface area contributed by atoms with Gasteiger partial charge in [0.25, 0.3) is 0 Å². The second-order valence-corrected chi connectivity index (χ2v) is 9.01. The molecular weight excluding hydrogens is 400 g/mol. The molecule has 3 aromatic carbocycles. The normalized spacial score (nSPS) is 21.0. The van der Waals surface area contributed by atoms with Crippen LogP contribution in [-0.2, 0) is 14.9 Å². The van der Waals surface area contributed by atoms with Crippen LogP contribution in [0.25, 0.3) is 0 Å². The molecule has 2 saturated heterocycles. The molecule has 3 aromatic rings. The van der Waals surface area contributed by atoms with Crippen molar-refractivity contribution in [3.63, 3.8) is 0 Å². The van der Waals surface area contributed by atoms with Crippen molar-refractivity contribution < 1.29 is 18.9 Å². The molecule has 0 aliphatic carbocycles. The van der Waals surface area contributed by atoms with Gasteiger partial charge >= 0.3 is 0 Å². The van der Waals surface area contributed by atoms with Gasteiger partial charge in [-0.05, 0) is 72.9 Å². The van der Waals surface area contributed by atoms with E-state index in [9.17, 15) is 0 Å². The highest BCUT2D eigenvalue weighted by Crippen LogP contribution is 2.40. The Kier molecular flexibility index (Phi) is 5.66. The van der Waals surface area contributed by atoms with Crippen LogP contribution in [-0.4, -0.2) is 38.6 Å². The molecule has 2 fully saturated rings. The van der Waals surface area contributed by atoms with Gasteiger partial charge in [0.05, 0.1) is 13.2 Å². The quantitative estimate of drug-likeness (QED) is 0.345. The molecule has 4 heteroatoms. The first kappa shape index (κ1) is 21.0. The van der Waals surface area contributed by atoms with Crippen molar-refractivity contribution in [1.29, 1.82) is 0 Å². The summed E-state index contributed by atoms with van der Waals surface area (Å²) in [5, 5.41) is 0. The fourth-order valence-electron chi connectivity index (χ4n) is 4.03. The summed E-state index contributed by atoms with van der Waals surface area (Å²) in [5.41, 5.74) is 5.98. The molecule has 2 unspecified atom stereocenters. The van der Waals surface area contributed by atoms with Gasteiger partial charge in [-0.3, -0.25) is 0 Å². The van der Waals surface area contributed by atoms with E-state index in [0.717, 1.165) is 24.7 Å². The number of hydrogen-bond acceptors (Lipinski definition) is 4. The molecule has 0 bridgehead atoms. The molecule has 0 radical (unpaired) electrons. The maximum atomic E-state index is 5.86. The number of benzene rings is 3. The van der Waals surface area contributed by atoms with Gasteiger partial charge in [-0.1, -0.05) is 42.5 Å². The number of ether oxygens (including phenoxy) is 4. The summed E-state index contributed by atoms with van der Waals surface area (Å²) in [7, 11) is 0. The summed E-state index contributed by atoms with van der Waals surface area (Å²) in [5.74, 6) is 1.75. The van der Waals surface area contributed by atoms with Crippen molar-refractivity contribution in [1.82, 2.24) is 0 Å². The molecule has 4 nitrogen and oxygen atoms in total. The van der Waals surface area contributed by atoms with Crippen LogP contribution in [0.5, 0.6) is 11.5 Å². The first-order valence-electron chi connectivity index (χ1n) is 11.3. The van der Waals surface area contributed by atoms with Gasteiger partial charge in [0.2, 0.25) is 0 Å². The third-order valence-corrected chi connectivity index (χ3v) is 6.62. The minimum Gasteiger partial charge on any atom is -0.491 e. The summed E-state index contributed by atoms with van der Waals surface area (Å²) in [4.78, 5) is 0. The molecule has 5 rings (SSSR count). The second kappa shape index (κ2) is 8.61. The van der Waals surface area contributed by atoms with Crippen LogP contribution in [0.3, 0.4) is 0 Å². The molecule has 166 valence electrons. The highest BCUT2D eigenvalue weighted by molar-refractivity contribution is 5.52. The summed E-state index contributed by atoms with van der Waals surface area (Å²) >= 11 is 0. The van der Waals surface area contributed by atoms with E-state index in [4.69, 9.17) is 18.9 Å².